The zero-order valence-corrected chi connectivity index (χ0v) is 22.3. The fourth-order valence-corrected chi connectivity index (χ4v) is 9.08. The summed E-state index contributed by atoms with van der Waals surface area (Å²) in [6.45, 7) is 10.6. The maximum atomic E-state index is 13.8. The number of hydrogen-bond acceptors (Lipinski definition) is 6. The molecule has 0 aromatic heterocycles. The lowest BCUT2D eigenvalue weighted by atomic mass is 9.45. The van der Waals surface area contributed by atoms with Crippen LogP contribution in [0.25, 0.3) is 0 Å². The van der Waals surface area contributed by atoms with E-state index in [1.807, 2.05) is 19.9 Å². The molecule has 3 saturated carbocycles. The van der Waals surface area contributed by atoms with E-state index in [0.717, 1.165) is 31.3 Å². The summed E-state index contributed by atoms with van der Waals surface area (Å²) in [5, 5.41) is 11.9. The van der Waals surface area contributed by atoms with Crippen molar-refractivity contribution in [3.8, 4) is 0 Å². The molecule has 35 heavy (non-hydrogen) atoms. The topological polar surface area (TPSA) is 82.1 Å². The minimum absolute atomic E-state index is 0.0241. The molecule has 0 aromatic rings. The van der Waals surface area contributed by atoms with Gasteiger partial charge >= 0.3 is 0 Å². The van der Waals surface area contributed by atoms with Crippen LogP contribution in [-0.2, 0) is 23.8 Å². The van der Waals surface area contributed by atoms with Crippen LogP contribution in [0.1, 0.15) is 73.1 Å². The van der Waals surface area contributed by atoms with Crippen LogP contribution >= 0.6 is 11.6 Å². The summed E-state index contributed by atoms with van der Waals surface area (Å²) >= 11 is 7.55. The molecule has 4 fully saturated rings. The average Bonchev–Trinajstić information content (AvgIpc) is 3.03. The van der Waals surface area contributed by atoms with Crippen LogP contribution in [0, 0.1) is 28.6 Å². The molecule has 4 aliphatic carbocycles. The van der Waals surface area contributed by atoms with Crippen molar-refractivity contribution in [2.24, 2.45) is 28.6 Å². The Labute approximate surface area is 213 Å². The summed E-state index contributed by atoms with van der Waals surface area (Å²) in [6.07, 6.45) is 8.22. The maximum Gasteiger partial charge on any atom is 0.284 e. The van der Waals surface area contributed by atoms with E-state index >= 15 is 0 Å². The Hall–Kier alpha value is -1.05. The number of aliphatic hydroxyl groups excluding tert-OH is 1. The second kappa shape index (κ2) is 8.22. The number of allylic oxidation sites excluding steroid dienone is 4. The van der Waals surface area contributed by atoms with Crippen LogP contribution in [-0.4, -0.2) is 52.4 Å². The SMILES string of the molecule is CCCO[C@]1(CC)OCC(=O)[C@@]2(O1)[C@@H](C)C[C@H]1[C@@H]3CCC4=CC(=O)C=C[C@]4(C)[C@@]3(Cl)[C@@H](O)C[C@@]12C. The molecule has 7 heteroatoms. The zero-order valence-electron chi connectivity index (χ0n) is 21.6. The van der Waals surface area contributed by atoms with E-state index < -0.39 is 33.4 Å². The van der Waals surface area contributed by atoms with Crippen LogP contribution in [0.2, 0.25) is 0 Å². The predicted molar refractivity (Wildman–Crippen MR) is 132 cm³/mol. The van der Waals surface area contributed by atoms with E-state index in [0.29, 0.717) is 19.4 Å². The molecule has 0 radical (unpaired) electrons. The number of Topliss-reactive ketones (excluding diaryl/α,β-unsaturated/α-hetero) is 1. The second-order valence-corrected chi connectivity index (χ2v) is 12.5. The van der Waals surface area contributed by atoms with Gasteiger partial charge in [-0.15, -0.1) is 11.6 Å². The largest absolute Gasteiger partial charge is 0.391 e. The van der Waals surface area contributed by atoms with Gasteiger partial charge in [-0.3, -0.25) is 9.59 Å². The number of ketones is 2. The lowest BCUT2D eigenvalue weighted by molar-refractivity contribution is -0.435. The third-order valence-electron chi connectivity index (χ3n) is 10.3. The van der Waals surface area contributed by atoms with Crippen molar-refractivity contribution in [3.63, 3.8) is 0 Å². The molecule has 194 valence electrons. The number of carbonyl (C=O) groups excluding carboxylic acids is 2. The summed E-state index contributed by atoms with van der Waals surface area (Å²) in [7, 11) is 0. The highest BCUT2D eigenvalue weighted by atomic mass is 35.5. The quantitative estimate of drug-likeness (QED) is 0.556. The van der Waals surface area contributed by atoms with Crippen LogP contribution in [0.4, 0.5) is 0 Å². The van der Waals surface area contributed by atoms with Crippen molar-refractivity contribution in [1.82, 2.24) is 0 Å². The van der Waals surface area contributed by atoms with Crippen molar-refractivity contribution < 1.29 is 28.9 Å². The van der Waals surface area contributed by atoms with Crippen molar-refractivity contribution in [1.29, 1.82) is 0 Å². The van der Waals surface area contributed by atoms with Gasteiger partial charge in [-0.1, -0.05) is 46.3 Å². The Bertz CT molecular complexity index is 992. The molecule has 1 spiro atoms. The monoisotopic (exact) mass is 506 g/mol. The molecular weight excluding hydrogens is 468 g/mol. The van der Waals surface area contributed by atoms with E-state index in [-0.39, 0.29) is 35.9 Å². The molecule has 1 N–H and O–H groups in total. The van der Waals surface area contributed by atoms with Gasteiger partial charge < -0.3 is 19.3 Å². The van der Waals surface area contributed by atoms with Gasteiger partial charge in [0.25, 0.3) is 5.97 Å². The number of aliphatic hydroxyl groups is 1. The smallest absolute Gasteiger partial charge is 0.284 e. The molecule has 0 bridgehead atoms. The molecule has 1 aliphatic heterocycles. The third kappa shape index (κ3) is 3.10. The normalized spacial score (nSPS) is 51.1. The Kier molecular flexibility index (Phi) is 6.01. The highest BCUT2D eigenvalue weighted by Gasteiger charge is 2.77. The Morgan fingerprint density at radius 3 is 2.66 bits per heavy atom. The summed E-state index contributed by atoms with van der Waals surface area (Å²) < 4.78 is 18.8. The Morgan fingerprint density at radius 1 is 1.23 bits per heavy atom. The lowest BCUT2D eigenvalue weighted by Gasteiger charge is -2.65. The molecule has 6 nitrogen and oxygen atoms in total. The third-order valence-corrected chi connectivity index (χ3v) is 11.2. The van der Waals surface area contributed by atoms with Gasteiger partial charge in [-0.25, -0.2) is 0 Å². The van der Waals surface area contributed by atoms with E-state index in [2.05, 4.69) is 20.8 Å². The first-order valence-corrected chi connectivity index (χ1v) is 13.6. The number of hydrogen-bond donors (Lipinski definition) is 1. The number of ether oxygens (including phenoxy) is 3. The molecule has 0 aromatic carbocycles. The Morgan fingerprint density at radius 2 is 1.97 bits per heavy atom. The van der Waals surface area contributed by atoms with Crippen LogP contribution < -0.4 is 0 Å². The van der Waals surface area contributed by atoms with Gasteiger partial charge in [0.15, 0.2) is 11.6 Å². The summed E-state index contributed by atoms with van der Waals surface area (Å²) in [5.74, 6) is -1.40. The van der Waals surface area contributed by atoms with Crippen LogP contribution in [0.5, 0.6) is 0 Å². The molecule has 1 saturated heterocycles. The van der Waals surface area contributed by atoms with Gasteiger partial charge in [-0.05, 0) is 62.0 Å². The van der Waals surface area contributed by atoms with Gasteiger partial charge in [-0.2, -0.15) is 0 Å². The van der Waals surface area contributed by atoms with Crippen molar-refractivity contribution in [2.45, 2.75) is 95.7 Å². The molecule has 0 amide bonds. The fraction of sp³-hybridized carbons (Fsp3) is 0.786. The minimum atomic E-state index is -1.27. The van der Waals surface area contributed by atoms with E-state index in [9.17, 15) is 14.7 Å². The van der Waals surface area contributed by atoms with Crippen LogP contribution in [0.3, 0.4) is 0 Å². The first kappa shape index (κ1) is 25.6. The highest BCUT2D eigenvalue weighted by Crippen LogP contribution is 2.72. The molecule has 5 rings (SSSR count). The minimum Gasteiger partial charge on any atom is -0.391 e. The summed E-state index contributed by atoms with van der Waals surface area (Å²) in [6, 6.07) is 0. The maximum absolute atomic E-state index is 13.8. The van der Waals surface area contributed by atoms with Gasteiger partial charge in [0, 0.05) is 17.3 Å². The van der Waals surface area contributed by atoms with E-state index in [4.69, 9.17) is 25.8 Å². The highest BCUT2D eigenvalue weighted by molar-refractivity contribution is 6.26. The number of alkyl halides is 1. The van der Waals surface area contributed by atoms with Crippen molar-refractivity contribution >= 4 is 23.2 Å². The summed E-state index contributed by atoms with van der Waals surface area (Å²) in [4.78, 5) is 24.9. The van der Waals surface area contributed by atoms with Crippen molar-refractivity contribution in [3.05, 3.63) is 23.8 Å². The first-order chi connectivity index (χ1) is 16.4. The fourth-order valence-electron chi connectivity index (χ4n) is 8.56. The van der Waals surface area contributed by atoms with Crippen LogP contribution in [0.15, 0.2) is 23.8 Å². The second-order valence-electron chi connectivity index (χ2n) is 11.8. The van der Waals surface area contributed by atoms with E-state index in [1.54, 1.807) is 12.2 Å². The number of halogens is 1. The molecule has 9 atom stereocenters. The average molecular weight is 507 g/mol. The standard InChI is InChI=1S/C28H39ClO6/c1-6-12-33-26(7-2)34-16-23(32)28(35-26)17(3)13-21-20-9-8-18-14-19(30)10-11-24(18,4)27(20,29)22(31)15-25(21,28)5/h10-11,14,17,20-22,31H,6-9,12-13,15-16H2,1-5H3/t17-,20-,21-,22-,24-,25-,26+,27-,28-/m0/s1. The number of fused-ring (bicyclic) bond motifs is 6. The number of rotatable bonds is 4. The first-order valence-electron chi connectivity index (χ1n) is 13.3. The lowest BCUT2D eigenvalue weighted by Crippen LogP contribution is -2.72. The van der Waals surface area contributed by atoms with E-state index in [1.165, 1.54) is 0 Å². The molecular formula is C28H39ClO6. The van der Waals surface area contributed by atoms with Crippen molar-refractivity contribution in [2.75, 3.05) is 13.2 Å². The zero-order chi connectivity index (χ0) is 25.4. The Balaban J connectivity index is 1.59. The molecule has 0 unspecified atom stereocenters. The molecule has 1 heterocycles. The van der Waals surface area contributed by atoms with Gasteiger partial charge in [0.2, 0.25) is 0 Å². The van der Waals surface area contributed by atoms with Gasteiger partial charge in [0.05, 0.1) is 17.6 Å². The molecule has 5 aliphatic rings. The number of carbonyl (C=O) groups is 2. The predicted octanol–water partition coefficient (Wildman–Crippen LogP) is 4.72. The van der Waals surface area contributed by atoms with Gasteiger partial charge in [0.1, 0.15) is 12.2 Å². The summed E-state index contributed by atoms with van der Waals surface area (Å²) in [5.41, 5.74) is -1.37.